The van der Waals surface area contributed by atoms with Crippen LogP contribution in [0, 0.1) is 6.92 Å². The van der Waals surface area contributed by atoms with Crippen molar-refractivity contribution in [2.45, 2.75) is 20.8 Å². The number of halogens is 1. The second-order valence-electron chi connectivity index (χ2n) is 5.92. The number of nitrogens with one attached hydrogen (secondary N) is 1. The summed E-state index contributed by atoms with van der Waals surface area (Å²) in [7, 11) is 0. The van der Waals surface area contributed by atoms with E-state index in [1.165, 1.54) is 0 Å². The number of carbonyl (C=O) groups is 1. The highest BCUT2D eigenvalue weighted by Crippen LogP contribution is 2.26. The third-order valence-corrected chi connectivity index (χ3v) is 4.79. The molecule has 4 nitrogen and oxygen atoms in total. The maximum atomic E-state index is 12.5. The van der Waals surface area contributed by atoms with Gasteiger partial charge in [0.2, 0.25) is 0 Å². The van der Waals surface area contributed by atoms with Crippen LogP contribution in [0.2, 0.25) is 0 Å². The van der Waals surface area contributed by atoms with Gasteiger partial charge in [-0.25, -0.2) is 0 Å². The Morgan fingerprint density at radius 3 is 2.56 bits per heavy atom. The van der Waals surface area contributed by atoms with Crippen molar-refractivity contribution in [3.63, 3.8) is 0 Å². The fraction of sp³-hybridized carbons (Fsp3) is 0.250. The third kappa shape index (κ3) is 3.71. The molecule has 0 radical (unpaired) electrons. The van der Waals surface area contributed by atoms with Crippen LogP contribution in [0.1, 0.15) is 30.0 Å². The Balaban J connectivity index is 1.82. The van der Waals surface area contributed by atoms with Gasteiger partial charge in [0.15, 0.2) is 5.76 Å². The van der Waals surface area contributed by atoms with Crippen LogP contribution in [0.15, 0.2) is 51.4 Å². The largest absolute Gasteiger partial charge is 0.451 e. The number of anilines is 2. The molecule has 0 spiro atoms. The number of benzene rings is 2. The van der Waals surface area contributed by atoms with Gasteiger partial charge < -0.3 is 14.6 Å². The van der Waals surface area contributed by atoms with E-state index in [9.17, 15) is 4.79 Å². The van der Waals surface area contributed by atoms with E-state index in [1.54, 1.807) is 6.07 Å². The zero-order valence-corrected chi connectivity index (χ0v) is 16.2. The van der Waals surface area contributed by atoms with Crippen LogP contribution in [-0.2, 0) is 0 Å². The van der Waals surface area contributed by atoms with Crippen molar-refractivity contribution in [2.24, 2.45) is 0 Å². The predicted molar refractivity (Wildman–Crippen MR) is 107 cm³/mol. The summed E-state index contributed by atoms with van der Waals surface area (Å²) in [5.74, 6) is 0.0614. The van der Waals surface area contributed by atoms with Gasteiger partial charge in [-0.15, -0.1) is 0 Å². The zero-order valence-electron chi connectivity index (χ0n) is 14.6. The Hall–Kier alpha value is -2.27. The molecule has 3 rings (SSSR count). The van der Waals surface area contributed by atoms with Crippen molar-refractivity contribution in [3.05, 3.63) is 58.3 Å². The highest BCUT2D eigenvalue weighted by Gasteiger charge is 2.14. The topological polar surface area (TPSA) is 45.5 Å². The minimum absolute atomic E-state index is 0.244. The molecule has 0 aliphatic heterocycles. The number of hydrogen-bond acceptors (Lipinski definition) is 3. The summed E-state index contributed by atoms with van der Waals surface area (Å²) in [6.07, 6.45) is 0. The van der Waals surface area contributed by atoms with Gasteiger partial charge in [-0.1, -0.05) is 15.9 Å². The van der Waals surface area contributed by atoms with Crippen molar-refractivity contribution in [2.75, 3.05) is 23.3 Å². The Kier molecular flexibility index (Phi) is 5.13. The van der Waals surface area contributed by atoms with Crippen LogP contribution < -0.4 is 10.2 Å². The van der Waals surface area contributed by atoms with Gasteiger partial charge in [-0.3, -0.25) is 4.79 Å². The average Bonchev–Trinajstić information content (AvgIpc) is 3.01. The van der Waals surface area contributed by atoms with E-state index >= 15 is 0 Å². The monoisotopic (exact) mass is 400 g/mol. The number of furan rings is 1. The quantitative estimate of drug-likeness (QED) is 0.605. The highest BCUT2D eigenvalue weighted by atomic mass is 79.9. The fourth-order valence-corrected chi connectivity index (χ4v) is 3.21. The maximum absolute atomic E-state index is 12.5. The Bertz CT molecular complexity index is 913. The van der Waals surface area contributed by atoms with Gasteiger partial charge in [0, 0.05) is 34.3 Å². The lowest BCUT2D eigenvalue weighted by Gasteiger charge is -2.22. The van der Waals surface area contributed by atoms with E-state index in [2.05, 4.69) is 46.1 Å². The molecule has 0 aliphatic rings. The van der Waals surface area contributed by atoms with E-state index in [4.69, 9.17) is 4.42 Å². The normalized spacial score (nSPS) is 10.9. The molecule has 1 aromatic heterocycles. The van der Waals surface area contributed by atoms with E-state index in [0.29, 0.717) is 11.3 Å². The summed E-state index contributed by atoms with van der Waals surface area (Å²) < 4.78 is 6.59. The van der Waals surface area contributed by atoms with Crippen LogP contribution in [-0.4, -0.2) is 19.0 Å². The van der Waals surface area contributed by atoms with Crippen LogP contribution in [0.5, 0.6) is 0 Å². The number of nitrogens with zero attached hydrogens (tertiary/aromatic N) is 1. The molecule has 0 bridgehead atoms. The molecule has 0 fully saturated rings. The van der Waals surface area contributed by atoms with Crippen LogP contribution in [0.3, 0.4) is 0 Å². The van der Waals surface area contributed by atoms with Gasteiger partial charge in [0.1, 0.15) is 5.58 Å². The summed E-state index contributed by atoms with van der Waals surface area (Å²) in [6.45, 7) is 8.17. The van der Waals surface area contributed by atoms with Crippen molar-refractivity contribution >= 4 is 44.2 Å². The summed E-state index contributed by atoms with van der Waals surface area (Å²) >= 11 is 3.41. The first-order valence-corrected chi connectivity index (χ1v) is 9.17. The summed E-state index contributed by atoms with van der Waals surface area (Å²) in [5, 5.41) is 3.85. The lowest BCUT2D eigenvalue weighted by molar-refractivity contribution is 0.0998. The number of fused-ring (bicyclic) bond motifs is 1. The van der Waals surface area contributed by atoms with E-state index < -0.39 is 0 Å². The minimum atomic E-state index is -0.244. The highest BCUT2D eigenvalue weighted by molar-refractivity contribution is 9.10. The number of amides is 1. The first-order valence-electron chi connectivity index (χ1n) is 8.38. The third-order valence-electron chi connectivity index (χ3n) is 4.29. The Labute approximate surface area is 155 Å². The average molecular weight is 401 g/mol. The van der Waals surface area contributed by atoms with Crippen LogP contribution in [0.4, 0.5) is 11.4 Å². The Morgan fingerprint density at radius 2 is 1.88 bits per heavy atom. The lowest BCUT2D eigenvalue weighted by Crippen LogP contribution is -2.22. The van der Waals surface area contributed by atoms with Crippen molar-refractivity contribution in [1.29, 1.82) is 0 Å². The smallest absolute Gasteiger partial charge is 0.291 e. The van der Waals surface area contributed by atoms with Crippen LogP contribution in [0.25, 0.3) is 11.0 Å². The van der Waals surface area contributed by atoms with E-state index in [-0.39, 0.29) is 5.91 Å². The SMILES string of the molecule is CCN(CC)c1ccc(NC(=O)c2cc3ccc(Br)cc3o2)c(C)c1. The first-order chi connectivity index (χ1) is 12.0. The van der Waals surface area contributed by atoms with Crippen molar-refractivity contribution in [1.82, 2.24) is 0 Å². The van der Waals surface area contributed by atoms with Gasteiger partial charge in [-0.2, -0.15) is 0 Å². The predicted octanol–water partition coefficient (Wildman–Crippen LogP) is 5.60. The molecule has 130 valence electrons. The molecule has 1 heterocycles. The molecule has 2 aromatic carbocycles. The molecule has 0 saturated heterocycles. The summed E-state index contributed by atoms with van der Waals surface area (Å²) in [5.41, 5.74) is 3.67. The van der Waals surface area contributed by atoms with E-state index in [0.717, 1.165) is 39.9 Å². The molecule has 3 aromatic rings. The number of carbonyl (C=O) groups excluding carboxylic acids is 1. The molecule has 0 unspecified atom stereocenters. The van der Waals surface area contributed by atoms with Crippen molar-refractivity contribution < 1.29 is 9.21 Å². The second-order valence-corrected chi connectivity index (χ2v) is 6.83. The van der Waals surface area contributed by atoms with Crippen molar-refractivity contribution in [3.8, 4) is 0 Å². The summed E-state index contributed by atoms with van der Waals surface area (Å²) in [4.78, 5) is 14.8. The van der Waals surface area contributed by atoms with E-state index in [1.807, 2.05) is 37.3 Å². The molecule has 0 atom stereocenters. The zero-order chi connectivity index (χ0) is 18.0. The number of rotatable bonds is 5. The molecule has 25 heavy (non-hydrogen) atoms. The summed E-state index contributed by atoms with van der Waals surface area (Å²) in [6, 6.07) is 13.5. The Morgan fingerprint density at radius 1 is 1.12 bits per heavy atom. The molecule has 0 aliphatic carbocycles. The fourth-order valence-electron chi connectivity index (χ4n) is 2.87. The van der Waals surface area contributed by atoms with Crippen LogP contribution >= 0.6 is 15.9 Å². The number of hydrogen-bond donors (Lipinski definition) is 1. The molecule has 1 amide bonds. The van der Waals surface area contributed by atoms with Gasteiger partial charge >= 0.3 is 0 Å². The molecular weight excluding hydrogens is 380 g/mol. The maximum Gasteiger partial charge on any atom is 0.291 e. The first kappa shape index (κ1) is 17.5. The standard InChI is InChI=1S/C20H21BrN2O2/c1-4-23(5-2)16-8-9-17(13(3)10-16)22-20(24)19-11-14-6-7-15(21)12-18(14)25-19/h6-12H,4-5H2,1-3H3,(H,22,24). The second kappa shape index (κ2) is 7.31. The number of aryl methyl sites for hydroxylation is 1. The lowest BCUT2D eigenvalue weighted by atomic mass is 10.1. The molecular formula is C20H21BrN2O2. The molecule has 1 N–H and O–H groups in total. The minimum Gasteiger partial charge on any atom is -0.451 e. The molecule has 5 heteroatoms. The molecule has 0 saturated carbocycles. The van der Waals surface area contributed by atoms with Gasteiger partial charge in [0.05, 0.1) is 0 Å². The van der Waals surface area contributed by atoms with Gasteiger partial charge in [0.25, 0.3) is 5.91 Å². The van der Waals surface area contributed by atoms with Gasteiger partial charge in [-0.05, 0) is 68.8 Å².